The Labute approximate surface area is 123 Å². The Bertz CT molecular complexity index is 609. The van der Waals surface area contributed by atoms with Crippen LogP contribution in [0.15, 0.2) is 41.3 Å². The maximum atomic E-state index is 11.8. The minimum absolute atomic E-state index is 0.0365. The van der Waals surface area contributed by atoms with Crippen LogP contribution < -0.4 is 4.90 Å². The number of nitrogens with zero attached hydrogens (tertiary/aromatic N) is 2. The standard InChI is InChI=1S/C16H18N2O3/c1-2-11-20-15(19)12-7-9-18(10-8-12)16-17-13-5-3-4-6-14(13)21-16/h2-6,12H,1,7-11H2. The molecule has 0 N–H and O–H groups in total. The number of benzene rings is 1. The Hall–Kier alpha value is -2.30. The Balaban J connectivity index is 1.62. The van der Waals surface area contributed by atoms with Crippen LogP contribution >= 0.6 is 0 Å². The van der Waals surface area contributed by atoms with E-state index in [-0.39, 0.29) is 18.5 Å². The van der Waals surface area contributed by atoms with E-state index in [4.69, 9.17) is 9.15 Å². The van der Waals surface area contributed by atoms with E-state index in [2.05, 4.69) is 16.5 Å². The summed E-state index contributed by atoms with van der Waals surface area (Å²) in [6.45, 7) is 5.33. The Morgan fingerprint density at radius 2 is 2.19 bits per heavy atom. The minimum atomic E-state index is -0.132. The molecule has 2 aromatic rings. The Kier molecular flexibility index (Phi) is 3.90. The van der Waals surface area contributed by atoms with Crippen LogP contribution in [-0.2, 0) is 9.53 Å². The molecule has 0 aliphatic carbocycles. The average molecular weight is 286 g/mol. The third kappa shape index (κ3) is 2.91. The molecule has 1 aromatic heterocycles. The quantitative estimate of drug-likeness (QED) is 0.639. The first-order chi connectivity index (χ1) is 10.3. The highest BCUT2D eigenvalue weighted by molar-refractivity contribution is 5.75. The number of carbonyl (C=O) groups excluding carboxylic acids is 1. The fourth-order valence-corrected chi connectivity index (χ4v) is 2.56. The minimum Gasteiger partial charge on any atom is -0.461 e. The van der Waals surface area contributed by atoms with Gasteiger partial charge in [0.15, 0.2) is 5.58 Å². The number of hydrogen-bond donors (Lipinski definition) is 0. The first-order valence-electron chi connectivity index (χ1n) is 7.16. The van der Waals surface area contributed by atoms with Gasteiger partial charge in [0.05, 0.1) is 5.92 Å². The van der Waals surface area contributed by atoms with Crippen molar-refractivity contribution in [3.05, 3.63) is 36.9 Å². The van der Waals surface area contributed by atoms with E-state index in [0.717, 1.165) is 37.0 Å². The molecule has 21 heavy (non-hydrogen) atoms. The zero-order chi connectivity index (χ0) is 14.7. The van der Waals surface area contributed by atoms with Crippen LogP contribution in [0.4, 0.5) is 6.01 Å². The van der Waals surface area contributed by atoms with Gasteiger partial charge in [0.2, 0.25) is 0 Å². The van der Waals surface area contributed by atoms with Gasteiger partial charge in [-0.15, -0.1) is 0 Å². The molecule has 3 rings (SSSR count). The second-order valence-corrected chi connectivity index (χ2v) is 5.14. The van der Waals surface area contributed by atoms with E-state index in [9.17, 15) is 4.79 Å². The van der Waals surface area contributed by atoms with Crippen molar-refractivity contribution in [3.63, 3.8) is 0 Å². The van der Waals surface area contributed by atoms with Crippen molar-refractivity contribution in [1.29, 1.82) is 0 Å². The zero-order valence-corrected chi connectivity index (χ0v) is 11.8. The highest BCUT2D eigenvalue weighted by atomic mass is 16.5. The predicted octanol–water partition coefficient (Wildman–Crippen LogP) is 2.77. The van der Waals surface area contributed by atoms with Gasteiger partial charge in [0.1, 0.15) is 12.1 Å². The fraction of sp³-hybridized carbons (Fsp3) is 0.375. The van der Waals surface area contributed by atoms with Gasteiger partial charge in [-0.25, -0.2) is 0 Å². The molecule has 1 aliphatic heterocycles. The first-order valence-corrected chi connectivity index (χ1v) is 7.16. The predicted molar refractivity (Wildman–Crippen MR) is 80.1 cm³/mol. The van der Waals surface area contributed by atoms with E-state index >= 15 is 0 Å². The van der Waals surface area contributed by atoms with Crippen molar-refractivity contribution in [2.45, 2.75) is 12.8 Å². The molecule has 1 aromatic carbocycles. The second-order valence-electron chi connectivity index (χ2n) is 5.14. The van der Waals surface area contributed by atoms with E-state index in [0.29, 0.717) is 6.01 Å². The van der Waals surface area contributed by atoms with Crippen molar-refractivity contribution >= 4 is 23.1 Å². The van der Waals surface area contributed by atoms with Crippen molar-refractivity contribution in [3.8, 4) is 0 Å². The third-order valence-corrected chi connectivity index (χ3v) is 3.72. The van der Waals surface area contributed by atoms with Crippen molar-refractivity contribution < 1.29 is 13.9 Å². The topological polar surface area (TPSA) is 55.6 Å². The monoisotopic (exact) mass is 286 g/mol. The molecule has 5 heteroatoms. The molecular weight excluding hydrogens is 268 g/mol. The molecule has 1 fully saturated rings. The van der Waals surface area contributed by atoms with Crippen LogP contribution in [0.5, 0.6) is 0 Å². The van der Waals surface area contributed by atoms with Gasteiger partial charge < -0.3 is 14.1 Å². The van der Waals surface area contributed by atoms with Gasteiger partial charge in [-0.2, -0.15) is 4.98 Å². The third-order valence-electron chi connectivity index (χ3n) is 3.72. The molecule has 0 saturated carbocycles. The van der Waals surface area contributed by atoms with Crippen molar-refractivity contribution in [2.75, 3.05) is 24.6 Å². The largest absolute Gasteiger partial charge is 0.461 e. The Morgan fingerprint density at radius 1 is 1.43 bits per heavy atom. The molecule has 0 spiro atoms. The molecule has 110 valence electrons. The van der Waals surface area contributed by atoms with Gasteiger partial charge in [0, 0.05) is 13.1 Å². The lowest BCUT2D eigenvalue weighted by atomic mass is 9.97. The van der Waals surface area contributed by atoms with Crippen LogP contribution in [0.25, 0.3) is 11.1 Å². The molecule has 0 unspecified atom stereocenters. The number of rotatable bonds is 4. The summed E-state index contributed by atoms with van der Waals surface area (Å²) in [6, 6.07) is 8.34. The number of fused-ring (bicyclic) bond motifs is 1. The van der Waals surface area contributed by atoms with E-state index in [1.165, 1.54) is 0 Å². The van der Waals surface area contributed by atoms with Crippen LogP contribution in [-0.4, -0.2) is 30.6 Å². The maximum Gasteiger partial charge on any atom is 0.309 e. The van der Waals surface area contributed by atoms with Gasteiger partial charge in [-0.3, -0.25) is 4.79 Å². The molecule has 5 nitrogen and oxygen atoms in total. The van der Waals surface area contributed by atoms with Crippen molar-refractivity contribution in [2.24, 2.45) is 5.92 Å². The number of hydrogen-bond acceptors (Lipinski definition) is 5. The normalized spacial score (nSPS) is 16.1. The summed E-state index contributed by atoms with van der Waals surface area (Å²) < 4.78 is 10.9. The van der Waals surface area contributed by atoms with Crippen LogP contribution in [0.2, 0.25) is 0 Å². The summed E-state index contributed by atoms with van der Waals surface area (Å²) in [5.74, 6) is -0.169. The summed E-state index contributed by atoms with van der Waals surface area (Å²) >= 11 is 0. The number of ether oxygens (including phenoxy) is 1. The smallest absolute Gasteiger partial charge is 0.309 e. The van der Waals surface area contributed by atoms with Crippen LogP contribution in [0.3, 0.4) is 0 Å². The maximum absolute atomic E-state index is 11.8. The average Bonchev–Trinajstić information content (AvgIpc) is 2.96. The van der Waals surface area contributed by atoms with Gasteiger partial charge in [-0.05, 0) is 25.0 Å². The lowest BCUT2D eigenvalue weighted by Gasteiger charge is -2.29. The molecule has 2 heterocycles. The number of para-hydroxylation sites is 2. The second kappa shape index (κ2) is 5.99. The number of esters is 1. The molecule has 1 saturated heterocycles. The number of oxazole rings is 1. The summed E-state index contributed by atoms with van der Waals surface area (Å²) in [5.41, 5.74) is 1.65. The van der Waals surface area contributed by atoms with E-state index in [1.807, 2.05) is 24.3 Å². The van der Waals surface area contributed by atoms with Gasteiger partial charge in [0.25, 0.3) is 6.01 Å². The van der Waals surface area contributed by atoms with E-state index in [1.54, 1.807) is 6.08 Å². The summed E-state index contributed by atoms with van der Waals surface area (Å²) in [5, 5.41) is 0. The van der Waals surface area contributed by atoms with E-state index < -0.39 is 0 Å². The summed E-state index contributed by atoms with van der Waals surface area (Å²) in [7, 11) is 0. The number of carbonyl (C=O) groups is 1. The van der Waals surface area contributed by atoms with Crippen molar-refractivity contribution in [1.82, 2.24) is 4.98 Å². The highest BCUT2D eigenvalue weighted by Gasteiger charge is 2.28. The lowest BCUT2D eigenvalue weighted by molar-refractivity contribution is -0.147. The number of piperidine rings is 1. The van der Waals surface area contributed by atoms with Crippen LogP contribution in [0, 0.1) is 5.92 Å². The molecule has 0 bridgehead atoms. The molecule has 0 amide bonds. The first kappa shape index (κ1) is 13.7. The fourth-order valence-electron chi connectivity index (χ4n) is 2.56. The highest BCUT2D eigenvalue weighted by Crippen LogP contribution is 2.26. The zero-order valence-electron chi connectivity index (χ0n) is 11.8. The number of anilines is 1. The summed E-state index contributed by atoms with van der Waals surface area (Å²) in [6.07, 6.45) is 3.11. The SMILES string of the molecule is C=CCOC(=O)C1CCN(c2nc3ccccc3o2)CC1. The summed E-state index contributed by atoms with van der Waals surface area (Å²) in [4.78, 5) is 18.4. The lowest BCUT2D eigenvalue weighted by Crippen LogP contribution is -2.37. The molecule has 0 atom stereocenters. The van der Waals surface area contributed by atoms with Crippen LogP contribution in [0.1, 0.15) is 12.8 Å². The molecular formula is C16H18N2O3. The number of aromatic nitrogens is 1. The molecule has 1 aliphatic rings. The Morgan fingerprint density at radius 3 is 2.90 bits per heavy atom. The van der Waals surface area contributed by atoms with Gasteiger partial charge >= 0.3 is 5.97 Å². The van der Waals surface area contributed by atoms with Gasteiger partial charge in [-0.1, -0.05) is 24.8 Å². The molecule has 0 radical (unpaired) electrons.